The summed E-state index contributed by atoms with van der Waals surface area (Å²) in [6.45, 7) is 4.16. The normalized spacial score (nSPS) is 17.2. The number of aryl methyl sites for hydroxylation is 1. The van der Waals surface area contributed by atoms with Crippen LogP contribution in [0.1, 0.15) is 118 Å². The van der Waals surface area contributed by atoms with Gasteiger partial charge in [-0.3, -0.25) is 9.59 Å². The zero-order chi connectivity index (χ0) is 33.8. The third-order valence-corrected chi connectivity index (χ3v) is 9.67. The number of carbonyl (C=O) groups is 2. The van der Waals surface area contributed by atoms with Crippen LogP contribution >= 0.6 is 0 Å². The Labute approximate surface area is 279 Å². The van der Waals surface area contributed by atoms with Crippen molar-refractivity contribution in [1.29, 1.82) is 0 Å². The van der Waals surface area contributed by atoms with Crippen LogP contribution in [0.15, 0.2) is 48.8 Å². The fourth-order valence-electron chi connectivity index (χ4n) is 7.12. The van der Waals surface area contributed by atoms with Crippen LogP contribution < -0.4 is 15.5 Å². The molecule has 0 aliphatic heterocycles. The molecule has 0 unspecified atom stereocenters. The molecular formula is C39H52N3O5-. The minimum atomic E-state index is -0.851. The minimum absolute atomic E-state index is 0.0302. The SMILES string of the molecule is CCCCCC(CCCCC)CC(=O)CC(=O)CCc1cc(OC)c(O)c([C@@H]2c3ccnc(N)c3C=C[C@@]2(CO)Cc2ccc[n-]2)c1. The van der Waals surface area contributed by atoms with Gasteiger partial charge >= 0.3 is 0 Å². The number of Topliss-reactive ketones (excluding diaryl/α,β-unsaturated/α-hetero) is 2. The summed E-state index contributed by atoms with van der Waals surface area (Å²) >= 11 is 0. The summed E-state index contributed by atoms with van der Waals surface area (Å²) in [4.78, 5) is 34.8. The van der Waals surface area contributed by atoms with E-state index in [9.17, 15) is 19.8 Å². The molecule has 1 aromatic carbocycles. The first kappa shape index (κ1) is 35.9. The number of aromatic hydroxyl groups is 1. The van der Waals surface area contributed by atoms with Crippen molar-refractivity contribution in [3.63, 3.8) is 0 Å². The zero-order valence-electron chi connectivity index (χ0n) is 28.3. The van der Waals surface area contributed by atoms with Gasteiger partial charge in [-0.2, -0.15) is 11.9 Å². The molecule has 2 aromatic heterocycles. The minimum Gasteiger partial charge on any atom is -0.668 e. The molecule has 47 heavy (non-hydrogen) atoms. The van der Waals surface area contributed by atoms with Crippen molar-refractivity contribution in [2.75, 3.05) is 19.5 Å². The third kappa shape index (κ3) is 9.13. The summed E-state index contributed by atoms with van der Waals surface area (Å²) in [5.74, 6) is 0.382. The second kappa shape index (κ2) is 17.3. The van der Waals surface area contributed by atoms with Gasteiger partial charge < -0.3 is 25.7 Å². The summed E-state index contributed by atoms with van der Waals surface area (Å²) in [5, 5.41) is 22.5. The van der Waals surface area contributed by atoms with Crippen LogP contribution in [0.25, 0.3) is 6.08 Å². The molecule has 8 nitrogen and oxygen atoms in total. The van der Waals surface area contributed by atoms with Crippen molar-refractivity contribution < 1.29 is 24.5 Å². The summed E-state index contributed by atoms with van der Waals surface area (Å²) in [5.41, 5.74) is 9.17. The first-order chi connectivity index (χ1) is 22.7. The number of hydrogen-bond acceptors (Lipinski definition) is 7. The molecular weight excluding hydrogens is 590 g/mol. The van der Waals surface area contributed by atoms with Gasteiger partial charge in [0.05, 0.1) is 20.1 Å². The number of phenolic OH excluding ortho intramolecular Hbond substituents is 1. The number of unbranched alkanes of at least 4 members (excludes halogenated alkanes) is 4. The molecule has 3 aromatic rings. The van der Waals surface area contributed by atoms with Crippen LogP contribution in [0.2, 0.25) is 0 Å². The molecule has 2 atom stereocenters. The second-order valence-corrected chi connectivity index (χ2v) is 13.2. The molecule has 1 aliphatic rings. The Bertz CT molecular complexity index is 1490. The molecule has 0 amide bonds. The van der Waals surface area contributed by atoms with Crippen molar-refractivity contribution in [2.45, 2.75) is 103 Å². The first-order valence-corrected chi connectivity index (χ1v) is 17.3. The van der Waals surface area contributed by atoms with Crippen LogP contribution in [-0.4, -0.2) is 40.5 Å². The molecule has 2 heterocycles. The lowest BCUT2D eigenvalue weighted by atomic mass is 9.63. The number of phenols is 1. The Morgan fingerprint density at radius 3 is 2.45 bits per heavy atom. The fraction of sp³-hybridized carbons (Fsp3) is 0.513. The number of benzene rings is 1. The molecule has 4 N–H and O–H groups in total. The number of nitrogens with zero attached hydrogens (tertiary/aromatic N) is 2. The molecule has 1 aliphatic carbocycles. The fourth-order valence-corrected chi connectivity index (χ4v) is 7.12. The standard InChI is InChI=1S/C39H52N3O5/c1-4-6-8-11-27(12-9-7-5-2)21-31(45)24-30(44)15-14-28-22-34(37(46)35(23-28)47-3)36-32-17-20-42-38(40)33(32)16-18-39(36,26-43)25-29-13-10-19-41-29/h10,13,16-20,22-23,27,36,43,46H,4-9,11-12,14-15,21,24-26H2,1-3H3,(H2,40,42)/q-1/t36-,39-/m0/s1. The number of ketones is 2. The highest BCUT2D eigenvalue weighted by atomic mass is 16.5. The molecule has 0 saturated heterocycles. The van der Waals surface area contributed by atoms with Crippen LogP contribution in [0.3, 0.4) is 0 Å². The summed E-state index contributed by atoms with van der Waals surface area (Å²) < 4.78 is 5.61. The Hall–Kier alpha value is -3.91. The number of fused-ring (bicyclic) bond motifs is 1. The van der Waals surface area contributed by atoms with E-state index in [0.29, 0.717) is 36.6 Å². The highest BCUT2D eigenvalue weighted by molar-refractivity contribution is 5.99. The van der Waals surface area contributed by atoms with Crippen molar-refractivity contribution in [1.82, 2.24) is 9.97 Å². The molecule has 0 radical (unpaired) electrons. The van der Waals surface area contributed by atoms with Gasteiger partial charge in [0.1, 0.15) is 17.4 Å². The quantitative estimate of drug-likeness (QED) is 0.0860. The van der Waals surface area contributed by atoms with Crippen LogP contribution in [-0.2, 0) is 22.4 Å². The maximum Gasteiger partial charge on any atom is 0.161 e. The number of pyridine rings is 1. The van der Waals surface area contributed by atoms with Gasteiger partial charge in [0.2, 0.25) is 0 Å². The van der Waals surface area contributed by atoms with Gasteiger partial charge in [0, 0.05) is 41.5 Å². The number of anilines is 1. The van der Waals surface area contributed by atoms with Gasteiger partial charge in [-0.05, 0) is 42.0 Å². The number of nitrogens with two attached hydrogens (primary N) is 1. The largest absolute Gasteiger partial charge is 0.668 e. The number of methoxy groups -OCH3 is 1. The van der Waals surface area contributed by atoms with Crippen LogP contribution in [0.4, 0.5) is 5.82 Å². The number of carbonyl (C=O) groups excluding carboxylic acids is 2. The van der Waals surface area contributed by atoms with Gasteiger partial charge in [0.15, 0.2) is 11.5 Å². The lowest BCUT2D eigenvalue weighted by Gasteiger charge is -2.42. The number of rotatable bonds is 20. The van der Waals surface area contributed by atoms with E-state index in [0.717, 1.165) is 60.9 Å². The lowest BCUT2D eigenvalue weighted by molar-refractivity contribution is -0.127. The zero-order valence-corrected chi connectivity index (χ0v) is 28.3. The predicted octanol–water partition coefficient (Wildman–Crippen LogP) is 7.34. The third-order valence-electron chi connectivity index (χ3n) is 9.67. The number of aromatic nitrogens is 2. The van der Waals surface area contributed by atoms with E-state index in [4.69, 9.17) is 10.5 Å². The number of hydrogen-bond donors (Lipinski definition) is 3. The van der Waals surface area contributed by atoms with E-state index >= 15 is 0 Å². The number of aliphatic hydroxyl groups excluding tert-OH is 1. The molecule has 254 valence electrons. The Kier molecular flexibility index (Phi) is 13.2. The smallest absolute Gasteiger partial charge is 0.161 e. The van der Waals surface area contributed by atoms with Gasteiger partial charge in [-0.25, -0.2) is 4.98 Å². The van der Waals surface area contributed by atoms with E-state index in [2.05, 4.69) is 23.8 Å². The number of ether oxygens (including phenoxy) is 1. The lowest BCUT2D eigenvalue weighted by Crippen LogP contribution is -2.37. The molecule has 0 saturated carbocycles. The summed E-state index contributed by atoms with van der Waals surface area (Å²) in [6.07, 6.45) is 17.6. The van der Waals surface area contributed by atoms with E-state index in [1.165, 1.54) is 20.0 Å². The molecule has 0 fully saturated rings. The van der Waals surface area contributed by atoms with Crippen molar-refractivity contribution >= 4 is 23.5 Å². The van der Waals surface area contributed by atoms with Crippen LogP contribution in [0, 0.1) is 11.3 Å². The highest BCUT2D eigenvalue weighted by Gasteiger charge is 2.43. The van der Waals surface area contributed by atoms with Crippen LogP contribution in [0.5, 0.6) is 11.5 Å². The van der Waals surface area contributed by atoms with Gasteiger partial charge in [0.25, 0.3) is 0 Å². The number of aliphatic hydroxyl groups is 1. The first-order valence-electron chi connectivity index (χ1n) is 17.3. The van der Waals surface area contributed by atoms with Crippen molar-refractivity contribution in [2.24, 2.45) is 11.3 Å². The maximum atomic E-state index is 13.1. The van der Waals surface area contributed by atoms with Crippen molar-refractivity contribution in [3.05, 3.63) is 76.7 Å². The summed E-state index contributed by atoms with van der Waals surface area (Å²) in [7, 11) is 1.49. The molecule has 8 heteroatoms. The van der Waals surface area contributed by atoms with E-state index < -0.39 is 11.3 Å². The highest BCUT2D eigenvalue weighted by Crippen LogP contribution is 2.53. The Morgan fingerprint density at radius 1 is 1.06 bits per heavy atom. The average molecular weight is 643 g/mol. The van der Waals surface area contributed by atoms with E-state index in [1.54, 1.807) is 18.5 Å². The van der Waals surface area contributed by atoms with E-state index in [-0.39, 0.29) is 42.5 Å². The molecule has 4 rings (SSSR count). The topological polar surface area (TPSA) is 137 Å². The second-order valence-electron chi connectivity index (χ2n) is 13.2. The maximum absolute atomic E-state index is 13.1. The molecule has 0 bridgehead atoms. The summed E-state index contributed by atoms with van der Waals surface area (Å²) in [6, 6.07) is 9.28. The van der Waals surface area contributed by atoms with E-state index in [1.807, 2.05) is 36.4 Å². The van der Waals surface area contributed by atoms with Gasteiger partial charge in [-0.15, -0.1) is 0 Å². The van der Waals surface area contributed by atoms with Gasteiger partial charge in [-0.1, -0.05) is 95.6 Å². The molecule has 0 spiro atoms. The Balaban J connectivity index is 1.56. The average Bonchev–Trinajstić information content (AvgIpc) is 3.57. The number of nitrogen functional groups attached to an aromatic ring is 1. The van der Waals surface area contributed by atoms with Crippen molar-refractivity contribution in [3.8, 4) is 11.5 Å². The Morgan fingerprint density at radius 2 is 1.81 bits per heavy atom. The predicted molar refractivity (Wildman–Crippen MR) is 187 cm³/mol. The monoisotopic (exact) mass is 642 g/mol.